The Morgan fingerprint density at radius 1 is 0.810 bits per heavy atom. The molecule has 3 heterocycles. The average molecular weight is 1190 g/mol. The summed E-state index contributed by atoms with van der Waals surface area (Å²) in [6.07, 6.45) is -11.6. The minimum atomic E-state index is -3.02. The van der Waals surface area contributed by atoms with Gasteiger partial charge in [-0.25, -0.2) is 0 Å². The molecule has 25 heteroatoms. The maximum absolute atomic E-state index is 14.1. The lowest BCUT2D eigenvalue weighted by Crippen LogP contribution is -2.71. The van der Waals surface area contributed by atoms with Crippen LogP contribution in [0.15, 0.2) is 35.1 Å². The number of likely N-dealkylation sites (N-methyl/N-ethyl adjacent to an activating group) is 2. The monoisotopic (exact) mass is 1190 g/mol. The van der Waals surface area contributed by atoms with Crippen LogP contribution in [-0.4, -0.2) is 233 Å². The van der Waals surface area contributed by atoms with Gasteiger partial charge in [-0.2, -0.15) is 0 Å². The highest BCUT2D eigenvalue weighted by Gasteiger charge is 2.70. The van der Waals surface area contributed by atoms with Gasteiger partial charge in [-0.05, 0) is 108 Å². The molecule has 13 N–H and O–H groups in total. The highest BCUT2D eigenvalue weighted by Crippen LogP contribution is 2.57. The van der Waals surface area contributed by atoms with Crippen molar-refractivity contribution in [3.8, 4) is 5.75 Å². The number of methoxy groups -OCH3 is 1. The van der Waals surface area contributed by atoms with E-state index in [1.807, 2.05) is 25.9 Å². The fourth-order valence-corrected chi connectivity index (χ4v) is 14.0. The summed E-state index contributed by atoms with van der Waals surface area (Å²) in [7, 11) is 7.97. The Morgan fingerprint density at radius 2 is 1.42 bits per heavy atom. The van der Waals surface area contributed by atoms with Crippen LogP contribution in [0.1, 0.15) is 113 Å². The second-order valence-electron chi connectivity index (χ2n) is 25.5. The van der Waals surface area contributed by atoms with Crippen LogP contribution < -0.4 is 5.73 Å². The van der Waals surface area contributed by atoms with Crippen LogP contribution in [0.4, 0.5) is 0 Å². The predicted molar refractivity (Wildman–Crippen MR) is 298 cm³/mol. The number of Topliss-reactive ketones (excluding diaryl/α,β-unsaturated/α-hetero) is 3. The second-order valence-corrected chi connectivity index (χ2v) is 25.5. The summed E-state index contributed by atoms with van der Waals surface area (Å²) in [6, 6.07) is 2.18. The molecule has 24 atom stereocenters. The Bertz CT molecular complexity index is 2710. The van der Waals surface area contributed by atoms with Crippen LogP contribution in [0.25, 0.3) is 5.76 Å². The molecule has 25 nitrogen and oxygen atoms in total. The van der Waals surface area contributed by atoms with Crippen LogP contribution in [0.3, 0.4) is 0 Å². The Morgan fingerprint density at radius 3 is 1.96 bits per heavy atom. The molecule has 1 saturated carbocycles. The van der Waals surface area contributed by atoms with Gasteiger partial charge in [0.2, 0.25) is 5.78 Å². The zero-order valence-corrected chi connectivity index (χ0v) is 50.9. The molecule has 1 aromatic rings. The lowest BCUT2D eigenvalue weighted by atomic mass is 9.53. The molecule has 1 aromatic carbocycles. The molecule has 0 aromatic heterocycles. The van der Waals surface area contributed by atoms with Crippen molar-refractivity contribution in [3.63, 3.8) is 0 Å². The van der Waals surface area contributed by atoms with Crippen molar-refractivity contribution in [2.24, 2.45) is 41.2 Å². The van der Waals surface area contributed by atoms with Crippen molar-refractivity contribution in [1.29, 1.82) is 0 Å². The number of phenolic OH excluding ortho intramolecular Hbond substituents is 1. The highest BCUT2D eigenvalue weighted by molar-refractivity contribution is 6.24. The Hall–Kier alpha value is -4.55. The van der Waals surface area contributed by atoms with E-state index in [0.717, 1.165) is 0 Å². The van der Waals surface area contributed by atoms with Crippen molar-refractivity contribution >= 4 is 35.0 Å². The number of hydrogen-bond donors (Lipinski definition) is 12. The molecule has 6 aliphatic rings. The Balaban J connectivity index is 0.000000294. The zero-order chi connectivity index (χ0) is 63.7. The number of ketones is 3. The highest BCUT2D eigenvalue weighted by atomic mass is 16.7. The van der Waals surface area contributed by atoms with Crippen LogP contribution in [0.2, 0.25) is 0 Å². The van der Waals surface area contributed by atoms with Gasteiger partial charge in [-0.3, -0.25) is 28.9 Å². The number of carbonyl (C=O) groups is 5. The van der Waals surface area contributed by atoms with Gasteiger partial charge in [0.25, 0.3) is 5.91 Å². The van der Waals surface area contributed by atoms with E-state index in [1.165, 1.54) is 72.0 Å². The number of ether oxygens (including phenoxy) is 6. The number of fused-ring (bicyclic) bond motifs is 3. The number of aliphatic hydroxyl groups is 10. The van der Waals surface area contributed by atoms with Crippen LogP contribution in [0, 0.1) is 35.5 Å². The van der Waals surface area contributed by atoms with E-state index in [9.17, 15) is 80.1 Å². The van der Waals surface area contributed by atoms with Crippen molar-refractivity contribution in [2.75, 3.05) is 35.3 Å². The number of primary amides is 1. The van der Waals surface area contributed by atoms with Crippen LogP contribution in [-0.2, 0) is 58.0 Å². The molecule has 0 bridgehead atoms. The fraction of sp³-hybridized carbons (Fsp3) is 0.746. The van der Waals surface area contributed by atoms with Crippen molar-refractivity contribution in [3.05, 3.63) is 46.2 Å². The molecule has 1 amide bonds. The zero-order valence-electron chi connectivity index (χ0n) is 50.9. The quantitative estimate of drug-likeness (QED) is 0.117. The number of aliphatic hydroxyl groups excluding tert-OH is 6. The molecule has 0 spiro atoms. The second kappa shape index (κ2) is 24.9. The summed E-state index contributed by atoms with van der Waals surface area (Å²) in [6.45, 7) is 17.6. The van der Waals surface area contributed by atoms with Gasteiger partial charge in [0.05, 0.1) is 88.4 Å². The summed E-state index contributed by atoms with van der Waals surface area (Å²) in [5.74, 6) is -14.6. The topological polar surface area (TPSA) is 396 Å². The first-order chi connectivity index (χ1) is 38.6. The van der Waals surface area contributed by atoms with Gasteiger partial charge in [0.15, 0.2) is 24.0 Å². The van der Waals surface area contributed by atoms with E-state index in [2.05, 4.69) is 0 Å². The first-order valence-corrected chi connectivity index (χ1v) is 28.6. The molecule has 474 valence electrons. The number of cyclic esters (lactones) is 1. The Labute approximate surface area is 489 Å². The third kappa shape index (κ3) is 12.0. The summed E-state index contributed by atoms with van der Waals surface area (Å²) in [5, 5.41) is 124. The standard InChI is InChI=1S/C37H67NO13.C22H24N2O9/c1-14-25-37(10,45)30(41)20(4)27(39)18(2)16-35(8,44)32(51-34-28(40)24(38(11)12)15-19(3)47-34)21(5)29(22(6)33(43)49-25)50-26-17-36(9,46-13)31(42)23(7)48-26;1-21(32)7-5-4-6-8(25)9(7)15(26)10-12(21)17(28)13-14(24(2)3)16(27)11(20(23)31)19(30)22(13,33)18(10)29/h18-26,28-32,34,40-42,44-45H,14-17H2,1-13H3;4-6,12-14,17,25-26,28,30,32-33H,1-3H3,(H2,23,31)/t18-,19+,20+,21+,22-,23+,24-,25-,26+,28+,29+,30-,31+,32-,34-,35-,36-,37-;12-,13-,14+,17+,21-,22+/m11/s1. The number of phenols is 1. The predicted octanol–water partition coefficient (Wildman–Crippen LogP) is 0.385. The molecule has 3 saturated heterocycles. The van der Waals surface area contributed by atoms with Gasteiger partial charge in [0.1, 0.15) is 52.5 Å². The first-order valence-electron chi connectivity index (χ1n) is 28.6. The molecule has 0 radical (unpaired) electrons. The van der Waals surface area contributed by atoms with E-state index < -0.39 is 189 Å². The van der Waals surface area contributed by atoms with Crippen molar-refractivity contribution in [1.82, 2.24) is 9.80 Å². The van der Waals surface area contributed by atoms with Crippen molar-refractivity contribution < 1.29 is 109 Å². The number of esters is 1. The van der Waals surface area contributed by atoms with Gasteiger partial charge in [-0.1, -0.05) is 39.8 Å². The molecule has 7 rings (SSSR count). The fourth-order valence-electron chi connectivity index (χ4n) is 14.0. The molecule has 4 fully saturated rings. The van der Waals surface area contributed by atoms with E-state index >= 15 is 0 Å². The van der Waals surface area contributed by atoms with Crippen LogP contribution >= 0.6 is 0 Å². The number of nitrogens with zero attached hydrogens (tertiary/aromatic N) is 2. The van der Waals surface area contributed by atoms with E-state index in [4.69, 9.17) is 34.2 Å². The third-order valence-electron chi connectivity index (χ3n) is 18.9. The average Bonchev–Trinajstić information content (AvgIpc) is 0.838. The molecule has 3 aliphatic carbocycles. The normalized spacial score (nSPS) is 44.3. The van der Waals surface area contributed by atoms with Crippen molar-refractivity contribution in [2.45, 2.75) is 209 Å². The van der Waals surface area contributed by atoms with Gasteiger partial charge >= 0.3 is 5.97 Å². The number of rotatable bonds is 9. The molecule has 0 unspecified atom stereocenters. The number of carbonyl (C=O) groups excluding carboxylic acids is 5. The number of amides is 1. The largest absolute Gasteiger partial charge is 0.508 e. The van der Waals surface area contributed by atoms with E-state index in [1.54, 1.807) is 41.5 Å². The first kappa shape index (κ1) is 68.6. The SMILES string of the molecule is CC[C@H]1OC(=O)[C@H](C)[C@@H](O[C@H]2C[C@@](C)(OC)[C@@H](O)[C@H](C)O2)[C@H](C)[C@@H](O[C@H]2O[C@@H](C)C[C@@H](N(C)C)[C@@H]2O)[C@](C)(O)C[C@@H](C)C(=O)[C@H](C)[C@@H](O)[C@]1(C)O.CN(C)[C@@H]1C(=O)C(C(N)=O)=C(O)[C@@]2(O)C(=O)C3=C(O)c4c(O)cccc4[C@@](C)(O)[C@H]3[C@H](O)[C@@H]12. The maximum Gasteiger partial charge on any atom is 0.311 e. The number of benzene rings is 1. The number of aromatic hydroxyl groups is 1. The maximum atomic E-state index is 14.1. The summed E-state index contributed by atoms with van der Waals surface area (Å²) in [4.78, 5) is 69.7. The number of nitrogens with two attached hydrogens (primary N) is 1. The molecular formula is C59H91N3O22. The molecular weight excluding hydrogens is 1100 g/mol. The van der Waals surface area contributed by atoms with Crippen LogP contribution in [0.5, 0.6) is 5.75 Å². The molecule has 84 heavy (non-hydrogen) atoms. The van der Waals surface area contributed by atoms with E-state index in [-0.39, 0.29) is 42.5 Å². The smallest absolute Gasteiger partial charge is 0.311 e. The van der Waals surface area contributed by atoms with Gasteiger partial charge in [0, 0.05) is 37.3 Å². The summed E-state index contributed by atoms with van der Waals surface area (Å²) < 4.78 is 37.1. The van der Waals surface area contributed by atoms with Gasteiger partial charge in [-0.15, -0.1) is 0 Å². The summed E-state index contributed by atoms with van der Waals surface area (Å²) in [5.41, 5.74) is -6.61. The number of hydrogen-bond acceptors (Lipinski definition) is 24. The lowest BCUT2D eigenvalue weighted by Gasteiger charge is -2.55. The minimum Gasteiger partial charge on any atom is -0.508 e. The third-order valence-corrected chi connectivity index (χ3v) is 18.9. The molecule has 3 aliphatic heterocycles. The lowest BCUT2D eigenvalue weighted by molar-refractivity contribution is -0.318. The Kier molecular flexibility index (Phi) is 20.3. The minimum absolute atomic E-state index is 0.00664. The van der Waals surface area contributed by atoms with E-state index in [0.29, 0.717) is 6.42 Å². The summed E-state index contributed by atoms with van der Waals surface area (Å²) >= 11 is 0. The van der Waals surface area contributed by atoms with Gasteiger partial charge < -0.3 is 95.2 Å².